The zero-order valence-electron chi connectivity index (χ0n) is 13.7. The summed E-state index contributed by atoms with van der Waals surface area (Å²) in [7, 11) is 0. The van der Waals surface area contributed by atoms with Gasteiger partial charge < -0.3 is 10.1 Å². The normalized spacial score (nSPS) is 10.2. The van der Waals surface area contributed by atoms with Crippen molar-refractivity contribution in [1.29, 1.82) is 0 Å². The lowest BCUT2D eigenvalue weighted by Gasteiger charge is -2.09. The second-order valence-corrected chi connectivity index (χ2v) is 5.42. The van der Waals surface area contributed by atoms with Crippen LogP contribution in [0.4, 0.5) is 10.1 Å². The first-order valence-electron chi connectivity index (χ1n) is 7.86. The number of nitrogens with zero attached hydrogens (tertiary/aromatic N) is 1. The molecule has 0 unspecified atom stereocenters. The summed E-state index contributed by atoms with van der Waals surface area (Å²) in [5, 5.41) is 2.71. The Balaban J connectivity index is 1.62. The molecule has 3 rings (SSSR count). The van der Waals surface area contributed by atoms with E-state index in [0.29, 0.717) is 17.1 Å². The number of nitrogens with one attached hydrogen (secondary N) is 1. The van der Waals surface area contributed by atoms with E-state index in [9.17, 15) is 14.0 Å². The van der Waals surface area contributed by atoms with Gasteiger partial charge in [0.1, 0.15) is 17.3 Å². The molecule has 0 aliphatic rings. The predicted octanol–water partition coefficient (Wildman–Crippen LogP) is 3.73. The number of hydrogen-bond donors (Lipinski definition) is 1. The summed E-state index contributed by atoms with van der Waals surface area (Å²) < 4.78 is 18.6. The number of hydrogen-bond acceptors (Lipinski definition) is 4. The lowest BCUT2D eigenvalue weighted by molar-refractivity contribution is 0.0920. The van der Waals surface area contributed by atoms with Crippen molar-refractivity contribution < 1.29 is 18.7 Å². The van der Waals surface area contributed by atoms with Crippen LogP contribution in [-0.4, -0.2) is 23.3 Å². The van der Waals surface area contributed by atoms with Gasteiger partial charge in [-0.15, -0.1) is 0 Å². The van der Waals surface area contributed by atoms with Crippen LogP contribution in [0.3, 0.4) is 0 Å². The van der Waals surface area contributed by atoms with E-state index in [1.165, 1.54) is 24.4 Å². The molecule has 6 heteroatoms. The molecule has 2 aromatic carbocycles. The average molecular weight is 350 g/mol. The molecular weight excluding hydrogens is 335 g/mol. The second kappa shape index (κ2) is 8.02. The fraction of sp³-hybridized carbons (Fsp3) is 0.0500. The third-order valence-electron chi connectivity index (χ3n) is 3.51. The summed E-state index contributed by atoms with van der Waals surface area (Å²) in [5.41, 5.74) is 1.04. The number of carbonyl (C=O) groups is 2. The van der Waals surface area contributed by atoms with Crippen LogP contribution in [0.2, 0.25) is 0 Å². The minimum absolute atomic E-state index is 0.235. The highest BCUT2D eigenvalue weighted by molar-refractivity contribution is 6.02. The van der Waals surface area contributed by atoms with Crippen LogP contribution in [-0.2, 0) is 0 Å². The van der Waals surface area contributed by atoms with Crippen molar-refractivity contribution >= 4 is 17.4 Å². The molecule has 0 bridgehead atoms. The van der Waals surface area contributed by atoms with E-state index in [1.807, 2.05) is 0 Å². The molecule has 0 saturated heterocycles. The molecule has 5 nitrogen and oxygen atoms in total. The van der Waals surface area contributed by atoms with Crippen molar-refractivity contribution in [3.63, 3.8) is 0 Å². The van der Waals surface area contributed by atoms with Gasteiger partial charge in [0.15, 0.2) is 12.4 Å². The Morgan fingerprint density at radius 1 is 1.00 bits per heavy atom. The number of ether oxygens (including phenoxy) is 1. The van der Waals surface area contributed by atoms with Gasteiger partial charge in [-0.3, -0.25) is 14.6 Å². The minimum atomic E-state index is -0.477. The molecule has 0 saturated carbocycles. The summed E-state index contributed by atoms with van der Waals surface area (Å²) in [6.07, 6.45) is 1.53. The number of ketones is 1. The Morgan fingerprint density at radius 2 is 1.85 bits per heavy atom. The SMILES string of the molecule is O=C(COc1cccc(NC(=O)c2ccccn2)c1)c1cccc(F)c1. The van der Waals surface area contributed by atoms with E-state index in [-0.39, 0.29) is 23.9 Å². The summed E-state index contributed by atoms with van der Waals surface area (Å²) in [6.45, 7) is -0.235. The van der Waals surface area contributed by atoms with Crippen molar-refractivity contribution in [3.8, 4) is 5.75 Å². The van der Waals surface area contributed by atoms with Gasteiger partial charge in [0.25, 0.3) is 5.91 Å². The zero-order valence-corrected chi connectivity index (χ0v) is 13.7. The Hall–Kier alpha value is -3.54. The topological polar surface area (TPSA) is 68.3 Å². The van der Waals surface area contributed by atoms with Crippen LogP contribution >= 0.6 is 0 Å². The number of aromatic nitrogens is 1. The smallest absolute Gasteiger partial charge is 0.274 e. The van der Waals surface area contributed by atoms with Gasteiger partial charge in [-0.2, -0.15) is 0 Å². The molecule has 0 fully saturated rings. The molecule has 0 spiro atoms. The van der Waals surface area contributed by atoms with Gasteiger partial charge in [-0.05, 0) is 36.4 Å². The first-order chi connectivity index (χ1) is 12.6. The first-order valence-corrected chi connectivity index (χ1v) is 7.86. The maximum atomic E-state index is 13.2. The fourth-order valence-electron chi connectivity index (χ4n) is 2.25. The Labute approximate surface area is 149 Å². The first kappa shape index (κ1) is 17.3. The van der Waals surface area contributed by atoms with E-state index in [0.717, 1.165) is 6.07 Å². The van der Waals surface area contributed by atoms with E-state index >= 15 is 0 Å². The number of benzene rings is 2. The number of Topliss-reactive ketones (excluding diaryl/α,β-unsaturated/α-hetero) is 1. The van der Waals surface area contributed by atoms with Crippen LogP contribution in [0.15, 0.2) is 72.9 Å². The van der Waals surface area contributed by atoms with Crippen molar-refractivity contribution in [1.82, 2.24) is 4.98 Å². The molecule has 1 aromatic heterocycles. The van der Waals surface area contributed by atoms with Gasteiger partial charge in [0.05, 0.1) is 0 Å². The Kier molecular flexibility index (Phi) is 5.34. The predicted molar refractivity (Wildman–Crippen MR) is 94.9 cm³/mol. The van der Waals surface area contributed by atoms with Crippen LogP contribution in [0, 0.1) is 5.82 Å². The maximum absolute atomic E-state index is 13.2. The third-order valence-corrected chi connectivity index (χ3v) is 3.51. The number of rotatable bonds is 6. The monoisotopic (exact) mass is 350 g/mol. The molecular formula is C20H15FN2O3. The van der Waals surface area contributed by atoms with Crippen LogP contribution < -0.4 is 10.1 Å². The van der Waals surface area contributed by atoms with Crippen molar-refractivity contribution in [2.24, 2.45) is 0 Å². The number of anilines is 1. The minimum Gasteiger partial charge on any atom is -0.485 e. The molecule has 3 aromatic rings. The highest BCUT2D eigenvalue weighted by Crippen LogP contribution is 2.18. The molecule has 0 atom stereocenters. The molecule has 130 valence electrons. The van der Waals surface area contributed by atoms with Crippen molar-refractivity contribution in [2.75, 3.05) is 11.9 Å². The second-order valence-electron chi connectivity index (χ2n) is 5.42. The van der Waals surface area contributed by atoms with Crippen LogP contribution in [0.1, 0.15) is 20.8 Å². The summed E-state index contributed by atoms with van der Waals surface area (Å²) in [6, 6.07) is 17.1. The van der Waals surface area contributed by atoms with Crippen molar-refractivity contribution in [3.05, 3.63) is 90.0 Å². The van der Waals surface area contributed by atoms with E-state index in [4.69, 9.17) is 4.74 Å². The molecule has 1 heterocycles. The van der Waals surface area contributed by atoms with Gasteiger partial charge in [0, 0.05) is 23.5 Å². The van der Waals surface area contributed by atoms with E-state index in [2.05, 4.69) is 10.3 Å². The highest BCUT2D eigenvalue weighted by Gasteiger charge is 2.10. The molecule has 0 radical (unpaired) electrons. The fourth-order valence-corrected chi connectivity index (χ4v) is 2.25. The summed E-state index contributed by atoms with van der Waals surface area (Å²) in [4.78, 5) is 28.1. The Morgan fingerprint density at radius 3 is 2.62 bits per heavy atom. The molecule has 26 heavy (non-hydrogen) atoms. The zero-order chi connectivity index (χ0) is 18.4. The molecule has 0 aliphatic heterocycles. The Bertz CT molecular complexity index is 929. The lowest BCUT2D eigenvalue weighted by atomic mass is 10.1. The molecule has 0 aliphatic carbocycles. The molecule has 1 amide bonds. The van der Waals surface area contributed by atoms with Gasteiger partial charge in [-0.25, -0.2) is 4.39 Å². The maximum Gasteiger partial charge on any atom is 0.274 e. The van der Waals surface area contributed by atoms with Crippen LogP contribution in [0.25, 0.3) is 0 Å². The molecule has 1 N–H and O–H groups in total. The third kappa shape index (κ3) is 4.51. The van der Waals surface area contributed by atoms with Gasteiger partial charge in [0.2, 0.25) is 0 Å². The van der Waals surface area contributed by atoms with Gasteiger partial charge >= 0.3 is 0 Å². The van der Waals surface area contributed by atoms with Crippen LogP contribution in [0.5, 0.6) is 5.75 Å². The largest absolute Gasteiger partial charge is 0.485 e. The average Bonchev–Trinajstić information content (AvgIpc) is 2.67. The standard InChI is InChI=1S/C20H15FN2O3/c21-15-6-3-5-14(11-15)19(24)13-26-17-8-4-7-16(12-17)23-20(25)18-9-1-2-10-22-18/h1-12H,13H2,(H,23,25). The number of pyridine rings is 1. The number of amides is 1. The van der Waals surface area contributed by atoms with E-state index in [1.54, 1.807) is 42.5 Å². The summed E-state index contributed by atoms with van der Waals surface area (Å²) >= 11 is 0. The highest BCUT2D eigenvalue weighted by atomic mass is 19.1. The van der Waals surface area contributed by atoms with Gasteiger partial charge in [-0.1, -0.05) is 24.3 Å². The van der Waals surface area contributed by atoms with Crippen molar-refractivity contribution in [2.45, 2.75) is 0 Å². The van der Waals surface area contributed by atoms with E-state index < -0.39 is 5.82 Å². The number of halogens is 1. The lowest BCUT2D eigenvalue weighted by Crippen LogP contribution is -2.14. The quantitative estimate of drug-likeness (QED) is 0.688. The number of carbonyl (C=O) groups excluding carboxylic acids is 2. The summed E-state index contributed by atoms with van der Waals surface area (Å²) in [5.74, 6) is -0.755.